The third-order valence-electron chi connectivity index (χ3n) is 2.84. The fourth-order valence-corrected chi connectivity index (χ4v) is 2.61. The van der Waals surface area contributed by atoms with E-state index in [0.29, 0.717) is 5.88 Å². The fourth-order valence-electron chi connectivity index (χ4n) is 1.80. The Kier molecular flexibility index (Phi) is 3.56. The molecule has 0 unspecified atom stereocenters. The lowest BCUT2D eigenvalue weighted by atomic mass is 10.2. The van der Waals surface area contributed by atoms with E-state index in [1.54, 1.807) is 42.4 Å². The zero-order chi connectivity index (χ0) is 13.9. The third-order valence-corrected chi connectivity index (χ3v) is 3.73. The number of hydrogen-bond acceptors (Lipinski definition) is 4. The number of carbonyl (C=O) groups excluding carboxylic acids is 1. The van der Waals surface area contributed by atoms with Gasteiger partial charge in [0.15, 0.2) is 0 Å². The average molecular weight is 290 g/mol. The number of rotatable bonds is 2. The average Bonchev–Trinajstić information content (AvgIpc) is 2.93. The SMILES string of the molecule is O=C(OCc1ccc(F)cc1)N1C=CC2=NCSC2=C1. The van der Waals surface area contributed by atoms with Crippen LogP contribution in [0.4, 0.5) is 9.18 Å². The van der Waals surface area contributed by atoms with Crippen LogP contribution in [0.5, 0.6) is 0 Å². The molecule has 0 aliphatic carbocycles. The number of allylic oxidation sites excluding steroid dienone is 2. The summed E-state index contributed by atoms with van der Waals surface area (Å²) in [6.45, 7) is 0.112. The Morgan fingerprint density at radius 3 is 3.00 bits per heavy atom. The van der Waals surface area contributed by atoms with Gasteiger partial charge in [-0.05, 0) is 23.8 Å². The van der Waals surface area contributed by atoms with Crippen LogP contribution in [0.15, 0.2) is 52.6 Å². The van der Waals surface area contributed by atoms with Crippen LogP contribution in [0.1, 0.15) is 5.56 Å². The van der Waals surface area contributed by atoms with Gasteiger partial charge in [0, 0.05) is 12.4 Å². The molecule has 102 valence electrons. The lowest BCUT2D eigenvalue weighted by molar-refractivity contribution is 0.121. The summed E-state index contributed by atoms with van der Waals surface area (Å²) >= 11 is 1.58. The molecule has 0 atom stereocenters. The Balaban J connectivity index is 1.60. The van der Waals surface area contributed by atoms with Crippen molar-refractivity contribution in [2.75, 3.05) is 5.88 Å². The molecule has 2 heterocycles. The second-order valence-corrected chi connectivity index (χ2v) is 5.20. The molecule has 0 spiro atoms. The molecular weight excluding hydrogens is 279 g/mol. The highest BCUT2D eigenvalue weighted by molar-refractivity contribution is 8.04. The van der Waals surface area contributed by atoms with Gasteiger partial charge in [-0.3, -0.25) is 9.89 Å². The Labute approximate surface area is 119 Å². The summed E-state index contributed by atoms with van der Waals surface area (Å²) in [5.41, 5.74) is 1.64. The number of thioether (sulfide) groups is 1. The molecule has 0 bridgehead atoms. The molecule has 0 saturated carbocycles. The third kappa shape index (κ3) is 2.75. The van der Waals surface area contributed by atoms with Crippen LogP contribution in [0, 0.1) is 5.82 Å². The topological polar surface area (TPSA) is 41.9 Å². The van der Waals surface area contributed by atoms with Gasteiger partial charge >= 0.3 is 6.09 Å². The highest BCUT2D eigenvalue weighted by Crippen LogP contribution is 2.28. The van der Waals surface area contributed by atoms with Crippen molar-refractivity contribution in [1.29, 1.82) is 0 Å². The normalized spacial score (nSPS) is 16.6. The maximum Gasteiger partial charge on any atom is 0.418 e. The van der Waals surface area contributed by atoms with Crippen molar-refractivity contribution >= 4 is 23.6 Å². The molecule has 20 heavy (non-hydrogen) atoms. The number of nitrogens with zero attached hydrogens (tertiary/aromatic N) is 2. The largest absolute Gasteiger partial charge is 0.444 e. The molecule has 1 amide bonds. The van der Waals surface area contributed by atoms with E-state index in [2.05, 4.69) is 4.99 Å². The molecule has 1 aromatic rings. The van der Waals surface area contributed by atoms with E-state index in [1.807, 2.05) is 0 Å². The summed E-state index contributed by atoms with van der Waals surface area (Å²) in [6.07, 6.45) is 4.66. The van der Waals surface area contributed by atoms with Crippen molar-refractivity contribution in [3.05, 3.63) is 59.0 Å². The molecule has 0 radical (unpaired) electrons. The number of ether oxygens (including phenoxy) is 1. The second-order valence-electron chi connectivity index (χ2n) is 4.21. The molecule has 1 aromatic carbocycles. The van der Waals surface area contributed by atoms with E-state index in [1.165, 1.54) is 17.0 Å². The molecule has 0 saturated heterocycles. The number of hydrogen-bond donors (Lipinski definition) is 0. The Bertz CT molecular complexity index is 623. The van der Waals surface area contributed by atoms with Crippen LogP contribution in [-0.4, -0.2) is 22.6 Å². The zero-order valence-corrected chi connectivity index (χ0v) is 11.3. The van der Waals surface area contributed by atoms with Gasteiger partial charge in [0.25, 0.3) is 0 Å². The van der Waals surface area contributed by atoms with Crippen LogP contribution in [-0.2, 0) is 11.3 Å². The first-order valence-electron chi connectivity index (χ1n) is 5.99. The molecule has 0 aromatic heterocycles. The number of aliphatic imine (C=N–C) groups is 1. The van der Waals surface area contributed by atoms with E-state index >= 15 is 0 Å². The van der Waals surface area contributed by atoms with E-state index < -0.39 is 6.09 Å². The van der Waals surface area contributed by atoms with Gasteiger partial charge in [-0.2, -0.15) is 0 Å². The van der Waals surface area contributed by atoms with Gasteiger partial charge in [-0.15, -0.1) is 0 Å². The van der Waals surface area contributed by atoms with Crippen LogP contribution in [0.25, 0.3) is 0 Å². The summed E-state index contributed by atoms with van der Waals surface area (Å²) < 4.78 is 17.9. The summed E-state index contributed by atoms with van der Waals surface area (Å²) in [5.74, 6) is 0.373. The molecular formula is C14H11FN2O2S. The van der Waals surface area contributed by atoms with Crippen LogP contribution < -0.4 is 0 Å². The predicted molar refractivity (Wildman–Crippen MR) is 75.5 cm³/mol. The van der Waals surface area contributed by atoms with Gasteiger partial charge in [0.1, 0.15) is 12.4 Å². The van der Waals surface area contributed by atoms with E-state index in [4.69, 9.17) is 4.74 Å². The minimum atomic E-state index is -0.468. The summed E-state index contributed by atoms with van der Waals surface area (Å²) in [6, 6.07) is 5.85. The summed E-state index contributed by atoms with van der Waals surface area (Å²) in [5, 5.41) is 0. The van der Waals surface area contributed by atoms with E-state index in [9.17, 15) is 9.18 Å². The molecule has 4 nitrogen and oxygen atoms in total. The van der Waals surface area contributed by atoms with Crippen molar-refractivity contribution in [2.24, 2.45) is 4.99 Å². The number of halogens is 1. The summed E-state index contributed by atoms with van der Waals surface area (Å²) in [7, 11) is 0. The van der Waals surface area contributed by atoms with E-state index in [-0.39, 0.29) is 12.4 Å². The molecule has 6 heteroatoms. The molecule has 2 aliphatic rings. The summed E-state index contributed by atoms with van der Waals surface area (Å²) in [4.78, 5) is 18.5. The van der Waals surface area contributed by atoms with Crippen LogP contribution in [0.3, 0.4) is 0 Å². The van der Waals surface area contributed by atoms with Gasteiger partial charge in [-0.1, -0.05) is 23.9 Å². The zero-order valence-electron chi connectivity index (χ0n) is 10.5. The van der Waals surface area contributed by atoms with Crippen LogP contribution >= 0.6 is 11.8 Å². The number of carbonyl (C=O) groups is 1. The fraction of sp³-hybridized carbons (Fsp3) is 0.143. The molecule has 3 rings (SSSR count). The molecule has 0 N–H and O–H groups in total. The standard InChI is InChI=1S/C14H11FN2O2S/c15-11-3-1-10(2-4-11)8-19-14(18)17-6-5-12-13(7-17)20-9-16-12/h1-7H,8-9H2. The second kappa shape index (κ2) is 5.50. The van der Waals surface area contributed by atoms with Crippen molar-refractivity contribution in [3.63, 3.8) is 0 Å². The molecule has 2 aliphatic heterocycles. The smallest absolute Gasteiger partial charge is 0.418 e. The monoisotopic (exact) mass is 290 g/mol. The maximum absolute atomic E-state index is 12.8. The van der Waals surface area contributed by atoms with Crippen LogP contribution in [0.2, 0.25) is 0 Å². The lowest BCUT2D eigenvalue weighted by Crippen LogP contribution is -2.24. The van der Waals surface area contributed by atoms with Gasteiger partial charge in [0.05, 0.1) is 16.5 Å². The number of amides is 1. The number of benzene rings is 1. The Hall–Kier alpha value is -2.08. The Morgan fingerprint density at radius 2 is 2.20 bits per heavy atom. The van der Waals surface area contributed by atoms with Gasteiger partial charge < -0.3 is 4.74 Å². The minimum Gasteiger partial charge on any atom is -0.444 e. The maximum atomic E-state index is 12.8. The first kappa shape index (κ1) is 12.9. The quantitative estimate of drug-likeness (QED) is 0.839. The van der Waals surface area contributed by atoms with Gasteiger partial charge in [-0.25, -0.2) is 9.18 Å². The van der Waals surface area contributed by atoms with E-state index in [0.717, 1.165) is 16.2 Å². The highest BCUT2D eigenvalue weighted by atomic mass is 32.2. The predicted octanol–water partition coefficient (Wildman–Crippen LogP) is 3.28. The minimum absolute atomic E-state index is 0.112. The lowest BCUT2D eigenvalue weighted by Gasteiger charge is -2.17. The van der Waals surface area contributed by atoms with Crippen molar-refractivity contribution < 1.29 is 13.9 Å². The molecule has 0 fully saturated rings. The first-order valence-corrected chi connectivity index (χ1v) is 6.98. The van der Waals surface area contributed by atoms with Crippen molar-refractivity contribution in [2.45, 2.75) is 6.61 Å². The highest BCUT2D eigenvalue weighted by Gasteiger charge is 2.20. The van der Waals surface area contributed by atoms with Crippen molar-refractivity contribution in [1.82, 2.24) is 4.90 Å². The first-order chi connectivity index (χ1) is 9.72. The van der Waals surface area contributed by atoms with Gasteiger partial charge in [0.2, 0.25) is 0 Å². The van der Waals surface area contributed by atoms with Crippen molar-refractivity contribution in [3.8, 4) is 0 Å². The Morgan fingerprint density at radius 1 is 1.40 bits per heavy atom. The number of fused-ring (bicyclic) bond motifs is 1.